The summed E-state index contributed by atoms with van der Waals surface area (Å²) in [6.07, 6.45) is 0. The maximum atomic E-state index is 14.0. The van der Waals surface area contributed by atoms with Gasteiger partial charge in [-0.2, -0.15) is 17.6 Å². The Morgan fingerprint density at radius 2 is 1.67 bits per heavy atom. The Bertz CT molecular complexity index is 622. The van der Waals surface area contributed by atoms with Crippen LogP contribution in [0.25, 0.3) is 0 Å². The summed E-state index contributed by atoms with van der Waals surface area (Å²) in [6.45, 7) is 5.11. The summed E-state index contributed by atoms with van der Waals surface area (Å²) in [4.78, 5) is 0. The van der Waals surface area contributed by atoms with E-state index in [0.29, 0.717) is 6.07 Å². The molecule has 1 aliphatic carbocycles. The van der Waals surface area contributed by atoms with Crippen molar-refractivity contribution in [3.63, 3.8) is 0 Å². The average Bonchev–Trinajstić information content (AvgIpc) is 2.46. The average molecular weight is 388 g/mol. The molecule has 0 heterocycles. The molecule has 1 aromatic rings. The van der Waals surface area contributed by atoms with Crippen LogP contribution >= 0.6 is 27.9 Å². The molecule has 0 radical (unpaired) electrons. The molecule has 0 atom stereocenters. The van der Waals surface area contributed by atoms with Gasteiger partial charge in [-0.25, -0.2) is 8.79 Å². The number of hydrogen-bond acceptors (Lipinski definition) is 2. The molecule has 0 fully saturated rings. The molecule has 0 bridgehead atoms. The van der Waals surface area contributed by atoms with Gasteiger partial charge in [0.25, 0.3) is 0 Å². The van der Waals surface area contributed by atoms with Gasteiger partial charge in [-0.1, -0.05) is 0 Å². The monoisotopic (exact) mass is 387 g/mol. The molecular weight excluding hydrogens is 377 g/mol. The number of alkyl halides is 4. The molecule has 21 heavy (non-hydrogen) atoms. The van der Waals surface area contributed by atoms with Gasteiger partial charge in [0.1, 0.15) is 11.5 Å². The van der Waals surface area contributed by atoms with E-state index in [1.54, 1.807) is 20.8 Å². The lowest BCUT2D eigenvalue weighted by Crippen LogP contribution is -2.38. The molecule has 0 unspecified atom stereocenters. The van der Waals surface area contributed by atoms with Gasteiger partial charge in [0.2, 0.25) is 0 Å². The summed E-state index contributed by atoms with van der Waals surface area (Å²) in [5.41, 5.74) is -2.59. The lowest BCUT2D eigenvalue weighted by Gasteiger charge is -2.20. The molecule has 2 rings (SSSR count). The van der Waals surface area contributed by atoms with E-state index in [1.165, 1.54) is 0 Å². The first kappa shape index (κ1) is 16.7. The third-order valence-corrected chi connectivity index (χ3v) is 4.37. The maximum absolute atomic E-state index is 14.0. The van der Waals surface area contributed by atoms with Crippen LogP contribution in [0.5, 0.6) is 0 Å². The van der Waals surface area contributed by atoms with E-state index >= 15 is 0 Å². The van der Waals surface area contributed by atoms with E-state index in [1.807, 2.05) is 0 Å². The molecule has 0 aliphatic heterocycles. The van der Waals surface area contributed by atoms with Crippen LogP contribution in [0.2, 0.25) is 0 Å². The Morgan fingerprint density at radius 3 is 2.19 bits per heavy atom. The molecule has 0 amide bonds. The molecule has 8 heteroatoms. The van der Waals surface area contributed by atoms with Crippen molar-refractivity contribution in [1.82, 2.24) is 0 Å². The normalized spacial score (nSPS) is 21.7. The van der Waals surface area contributed by atoms with Gasteiger partial charge in [0, 0.05) is 15.9 Å². The van der Waals surface area contributed by atoms with Gasteiger partial charge in [-0.05, 0) is 60.8 Å². The smallest absolute Gasteiger partial charge is 0.213 e. The van der Waals surface area contributed by atoms with Crippen molar-refractivity contribution < 1.29 is 22.0 Å². The zero-order valence-electron chi connectivity index (χ0n) is 11.3. The molecule has 0 N–H and O–H groups in total. The van der Waals surface area contributed by atoms with Crippen molar-refractivity contribution in [2.24, 2.45) is 4.40 Å². The summed E-state index contributed by atoms with van der Waals surface area (Å²) in [7, 11) is 0. The van der Waals surface area contributed by atoms with Crippen LogP contribution in [0, 0.1) is 5.82 Å². The fraction of sp³-hybridized carbons (Fsp3) is 0.462. The van der Waals surface area contributed by atoms with E-state index in [2.05, 4.69) is 20.3 Å². The van der Waals surface area contributed by atoms with Gasteiger partial charge in [-0.15, -0.1) is 0 Å². The van der Waals surface area contributed by atoms with Crippen LogP contribution in [-0.4, -0.2) is 16.4 Å². The molecule has 0 saturated heterocycles. The fourth-order valence-electron chi connectivity index (χ4n) is 1.80. The quantitative estimate of drug-likeness (QED) is 0.453. The minimum Gasteiger partial charge on any atom is -0.213 e. The summed E-state index contributed by atoms with van der Waals surface area (Å²) < 4.78 is 72.0. The minimum absolute atomic E-state index is 0.426. The van der Waals surface area contributed by atoms with Gasteiger partial charge in [0.15, 0.2) is 0 Å². The maximum Gasteiger partial charge on any atom is 0.357 e. The summed E-state index contributed by atoms with van der Waals surface area (Å²) in [5, 5.41) is 0. The third-order valence-electron chi connectivity index (χ3n) is 2.77. The molecule has 1 nitrogen and oxygen atoms in total. The molecule has 0 saturated carbocycles. The molecule has 1 aromatic carbocycles. The number of benzene rings is 1. The zero-order chi connectivity index (χ0) is 16.2. The molecule has 0 aromatic heterocycles. The Kier molecular flexibility index (Phi) is 3.94. The Hall–Kier alpha value is -0.630. The molecule has 0 spiro atoms. The summed E-state index contributed by atoms with van der Waals surface area (Å²) >= 11 is 3.51. The Balaban J connectivity index is 2.70. The summed E-state index contributed by atoms with van der Waals surface area (Å²) in [5.74, 6) is -9.80. The predicted octanol–water partition coefficient (Wildman–Crippen LogP) is 5.56. The molecular formula is C13H11BrF5NS. The van der Waals surface area contributed by atoms with Crippen molar-refractivity contribution in [3.05, 3.63) is 33.5 Å². The van der Waals surface area contributed by atoms with Crippen molar-refractivity contribution >= 4 is 33.6 Å². The second-order valence-electron chi connectivity index (χ2n) is 5.58. The molecule has 1 aliphatic rings. The van der Waals surface area contributed by atoms with Crippen LogP contribution in [0.1, 0.15) is 31.9 Å². The minimum atomic E-state index is -4.48. The highest BCUT2D eigenvalue weighted by Gasteiger charge is 2.68. The lowest BCUT2D eigenvalue weighted by atomic mass is 10.1. The highest BCUT2D eigenvalue weighted by Crippen LogP contribution is 2.54. The van der Waals surface area contributed by atoms with Gasteiger partial charge < -0.3 is 0 Å². The third kappa shape index (κ3) is 2.60. The van der Waals surface area contributed by atoms with Crippen LogP contribution in [0.4, 0.5) is 22.0 Å². The van der Waals surface area contributed by atoms with Gasteiger partial charge in [0.05, 0.1) is 4.47 Å². The summed E-state index contributed by atoms with van der Waals surface area (Å²) in [6, 6.07) is 1.40. The topological polar surface area (TPSA) is 12.4 Å². The van der Waals surface area contributed by atoms with Gasteiger partial charge >= 0.3 is 11.8 Å². The van der Waals surface area contributed by atoms with Crippen LogP contribution in [0.3, 0.4) is 0 Å². The number of halogens is 6. The van der Waals surface area contributed by atoms with Crippen LogP contribution in [0.15, 0.2) is 21.0 Å². The van der Waals surface area contributed by atoms with E-state index in [9.17, 15) is 22.0 Å². The standard InChI is InChI=1S/C13H11BrF5NS/c1-11(2,3)21-20-10-8-6(4-5-7(15)9(8)14)12(16,17)13(10,18)19/h4-5H,1-3H3/b20-10-. The van der Waals surface area contributed by atoms with Crippen molar-refractivity contribution in [2.45, 2.75) is 37.4 Å². The number of rotatable bonds is 1. The lowest BCUT2D eigenvalue weighted by molar-refractivity contribution is -0.166. The second-order valence-corrected chi connectivity index (χ2v) is 7.96. The van der Waals surface area contributed by atoms with E-state index in [0.717, 1.165) is 18.0 Å². The Labute approximate surface area is 131 Å². The van der Waals surface area contributed by atoms with Crippen molar-refractivity contribution in [3.8, 4) is 0 Å². The molecule has 116 valence electrons. The highest BCUT2D eigenvalue weighted by atomic mass is 79.9. The zero-order valence-corrected chi connectivity index (χ0v) is 13.7. The largest absolute Gasteiger partial charge is 0.357 e. The number of hydrogen-bond donors (Lipinski definition) is 0. The first-order valence-electron chi connectivity index (χ1n) is 5.90. The predicted molar refractivity (Wildman–Crippen MR) is 76.8 cm³/mol. The van der Waals surface area contributed by atoms with Crippen LogP contribution in [-0.2, 0) is 5.92 Å². The second kappa shape index (κ2) is 4.94. The van der Waals surface area contributed by atoms with E-state index < -0.39 is 43.7 Å². The van der Waals surface area contributed by atoms with Crippen LogP contribution < -0.4 is 0 Å². The first-order chi connectivity index (χ1) is 9.39. The number of fused-ring (bicyclic) bond motifs is 1. The fourth-order valence-corrected chi connectivity index (χ4v) is 2.91. The first-order valence-corrected chi connectivity index (χ1v) is 7.47. The Morgan fingerprint density at radius 1 is 1.10 bits per heavy atom. The SMILES string of the molecule is CC(C)(C)S/N=C1/c2c(ccc(F)c2Br)C(F)(F)C1(F)F. The highest BCUT2D eigenvalue weighted by molar-refractivity contribution is 9.10. The van der Waals surface area contributed by atoms with E-state index in [4.69, 9.17) is 0 Å². The van der Waals surface area contributed by atoms with Crippen molar-refractivity contribution in [2.75, 3.05) is 0 Å². The van der Waals surface area contributed by atoms with E-state index in [-0.39, 0.29) is 0 Å². The van der Waals surface area contributed by atoms with Gasteiger partial charge in [-0.3, -0.25) is 0 Å². The number of nitrogens with zero attached hydrogens (tertiary/aromatic N) is 1. The van der Waals surface area contributed by atoms with Crippen molar-refractivity contribution in [1.29, 1.82) is 0 Å².